The van der Waals surface area contributed by atoms with E-state index in [-0.39, 0.29) is 17.7 Å². The van der Waals surface area contributed by atoms with Crippen molar-refractivity contribution in [1.29, 1.82) is 5.26 Å². The fourth-order valence-corrected chi connectivity index (χ4v) is 0.992. The van der Waals surface area contributed by atoms with Gasteiger partial charge in [0.2, 0.25) is 0 Å². The molecular weight excluding hydrogens is 207 g/mol. The highest BCUT2D eigenvalue weighted by Crippen LogP contribution is 2.11. The lowest BCUT2D eigenvalue weighted by Gasteiger charge is -2.04. The second-order valence-electron chi connectivity index (χ2n) is 2.82. The van der Waals surface area contributed by atoms with Crippen LogP contribution in [0.25, 0.3) is 0 Å². The normalized spacial score (nSPS) is 10.3. The van der Waals surface area contributed by atoms with E-state index >= 15 is 0 Å². The van der Waals surface area contributed by atoms with Gasteiger partial charge < -0.3 is 4.74 Å². The van der Waals surface area contributed by atoms with Crippen LogP contribution in [-0.2, 0) is 11.3 Å². The van der Waals surface area contributed by atoms with Crippen molar-refractivity contribution in [3.8, 4) is 6.07 Å². The predicted molar refractivity (Wildman–Crippen MR) is 46.8 cm³/mol. The Labute approximate surface area is 84.9 Å². The third kappa shape index (κ3) is 3.60. The van der Waals surface area contributed by atoms with Gasteiger partial charge in [0, 0.05) is 5.56 Å². The third-order valence-electron chi connectivity index (χ3n) is 1.68. The van der Waals surface area contributed by atoms with Crippen molar-refractivity contribution in [2.24, 2.45) is 0 Å². The molecule has 1 aromatic rings. The molecule has 0 N–H and O–H groups in total. The highest BCUT2D eigenvalue weighted by molar-refractivity contribution is 5.32. The first-order chi connectivity index (χ1) is 7.13. The minimum absolute atomic E-state index is 0.162. The molecule has 0 aromatic heterocycles. The lowest BCUT2D eigenvalue weighted by atomic mass is 10.1. The Hall–Kier alpha value is -1.54. The zero-order chi connectivity index (χ0) is 11.3. The van der Waals surface area contributed by atoms with Gasteiger partial charge in [0.05, 0.1) is 18.2 Å². The molecule has 0 spiro atoms. The summed E-state index contributed by atoms with van der Waals surface area (Å²) in [6.07, 6.45) is -2.56. The fourth-order valence-electron chi connectivity index (χ4n) is 0.992. The van der Waals surface area contributed by atoms with Gasteiger partial charge in [-0.3, -0.25) is 0 Å². The van der Waals surface area contributed by atoms with Gasteiger partial charge in [0.25, 0.3) is 6.43 Å². The maximum atomic E-state index is 13.1. The Morgan fingerprint density at radius 2 is 2.13 bits per heavy atom. The first-order valence-corrected chi connectivity index (χ1v) is 4.18. The summed E-state index contributed by atoms with van der Waals surface area (Å²) in [7, 11) is 0. The molecule has 0 unspecified atom stereocenters. The van der Waals surface area contributed by atoms with E-state index in [1.54, 1.807) is 6.07 Å². The SMILES string of the molecule is N#Cc1ccc(COCC(F)F)c(F)c1. The number of halogens is 3. The number of nitrogens with zero attached hydrogens (tertiary/aromatic N) is 1. The highest BCUT2D eigenvalue weighted by atomic mass is 19.3. The lowest BCUT2D eigenvalue weighted by molar-refractivity contribution is 0.00901. The molecule has 0 aliphatic rings. The van der Waals surface area contributed by atoms with Crippen LogP contribution in [0.4, 0.5) is 13.2 Å². The minimum atomic E-state index is -2.56. The molecule has 0 atom stereocenters. The molecule has 0 amide bonds. The summed E-state index contributed by atoms with van der Waals surface area (Å²) < 4.78 is 41.1. The third-order valence-corrected chi connectivity index (χ3v) is 1.68. The largest absolute Gasteiger partial charge is 0.371 e. The molecule has 0 saturated carbocycles. The fraction of sp³-hybridized carbons (Fsp3) is 0.300. The summed E-state index contributed by atoms with van der Waals surface area (Å²) in [4.78, 5) is 0. The van der Waals surface area contributed by atoms with Crippen LogP contribution in [0.1, 0.15) is 11.1 Å². The molecule has 15 heavy (non-hydrogen) atoms. The molecule has 0 aliphatic heterocycles. The highest BCUT2D eigenvalue weighted by Gasteiger charge is 2.06. The van der Waals surface area contributed by atoms with Crippen LogP contribution in [0, 0.1) is 17.1 Å². The summed E-state index contributed by atoms with van der Waals surface area (Å²) in [6, 6.07) is 5.56. The van der Waals surface area contributed by atoms with Crippen LogP contribution in [0.3, 0.4) is 0 Å². The van der Waals surface area contributed by atoms with Crippen molar-refractivity contribution < 1.29 is 17.9 Å². The van der Waals surface area contributed by atoms with E-state index in [2.05, 4.69) is 4.74 Å². The first-order valence-electron chi connectivity index (χ1n) is 4.18. The van der Waals surface area contributed by atoms with Gasteiger partial charge in [-0.25, -0.2) is 13.2 Å². The van der Waals surface area contributed by atoms with Crippen LogP contribution in [-0.4, -0.2) is 13.0 Å². The van der Waals surface area contributed by atoms with E-state index in [0.29, 0.717) is 0 Å². The number of rotatable bonds is 4. The molecule has 0 aliphatic carbocycles. The van der Waals surface area contributed by atoms with Gasteiger partial charge in [-0.15, -0.1) is 0 Å². The lowest BCUT2D eigenvalue weighted by Crippen LogP contribution is -2.05. The maximum absolute atomic E-state index is 13.1. The summed E-state index contributed by atoms with van der Waals surface area (Å²) in [5.41, 5.74) is 0.347. The standard InChI is InChI=1S/C10H8F3NO/c11-9-3-7(4-14)1-2-8(9)5-15-6-10(12)13/h1-3,10H,5-6H2. The number of benzene rings is 1. The molecule has 5 heteroatoms. The Bertz CT molecular complexity index is 373. The minimum Gasteiger partial charge on any atom is -0.371 e. The van der Waals surface area contributed by atoms with Crippen LogP contribution in [0.5, 0.6) is 0 Å². The van der Waals surface area contributed by atoms with E-state index in [4.69, 9.17) is 5.26 Å². The van der Waals surface area contributed by atoms with Gasteiger partial charge in [-0.2, -0.15) is 5.26 Å². The van der Waals surface area contributed by atoms with Crippen molar-refractivity contribution in [1.82, 2.24) is 0 Å². The van der Waals surface area contributed by atoms with Crippen molar-refractivity contribution in [2.75, 3.05) is 6.61 Å². The predicted octanol–water partition coefficient (Wildman–Crippen LogP) is 2.48. The smallest absolute Gasteiger partial charge is 0.261 e. The van der Waals surface area contributed by atoms with Crippen molar-refractivity contribution in [3.05, 3.63) is 35.1 Å². The number of ether oxygens (including phenoxy) is 1. The molecule has 1 aromatic carbocycles. The molecule has 0 fully saturated rings. The van der Waals surface area contributed by atoms with Crippen LogP contribution in [0.15, 0.2) is 18.2 Å². The van der Waals surface area contributed by atoms with E-state index in [1.165, 1.54) is 12.1 Å². The average Bonchev–Trinajstić information content (AvgIpc) is 2.20. The molecule has 0 radical (unpaired) electrons. The van der Waals surface area contributed by atoms with Gasteiger partial charge in [-0.05, 0) is 12.1 Å². The second-order valence-corrected chi connectivity index (χ2v) is 2.82. The average molecular weight is 215 g/mol. The zero-order valence-corrected chi connectivity index (χ0v) is 7.71. The second kappa shape index (κ2) is 5.37. The number of hydrogen-bond acceptors (Lipinski definition) is 2. The Morgan fingerprint density at radius 1 is 1.40 bits per heavy atom. The van der Waals surface area contributed by atoms with Gasteiger partial charge in [0.1, 0.15) is 12.4 Å². The molecule has 80 valence electrons. The molecule has 1 rings (SSSR count). The first kappa shape index (κ1) is 11.5. The van der Waals surface area contributed by atoms with Crippen LogP contribution in [0.2, 0.25) is 0 Å². The maximum Gasteiger partial charge on any atom is 0.261 e. The van der Waals surface area contributed by atoms with Gasteiger partial charge >= 0.3 is 0 Å². The van der Waals surface area contributed by atoms with Crippen LogP contribution >= 0.6 is 0 Å². The molecular formula is C10H8F3NO. The van der Waals surface area contributed by atoms with Crippen LogP contribution < -0.4 is 0 Å². The van der Waals surface area contributed by atoms with Crippen molar-refractivity contribution in [2.45, 2.75) is 13.0 Å². The summed E-state index contributed by atoms with van der Waals surface area (Å²) in [5.74, 6) is -0.622. The zero-order valence-electron chi connectivity index (χ0n) is 7.71. The Morgan fingerprint density at radius 3 is 2.67 bits per heavy atom. The van der Waals surface area contributed by atoms with E-state index < -0.39 is 18.8 Å². The van der Waals surface area contributed by atoms with E-state index in [1.807, 2.05) is 0 Å². The topological polar surface area (TPSA) is 33.0 Å². The molecule has 0 bridgehead atoms. The Kier molecular flexibility index (Phi) is 4.13. The number of alkyl halides is 2. The number of hydrogen-bond donors (Lipinski definition) is 0. The van der Waals surface area contributed by atoms with Crippen molar-refractivity contribution in [3.63, 3.8) is 0 Å². The quantitative estimate of drug-likeness (QED) is 0.772. The van der Waals surface area contributed by atoms with E-state index in [0.717, 1.165) is 6.07 Å². The number of nitriles is 1. The molecule has 0 heterocycles. The van der Waals surface area contributed by atoms with E-state index in [9.17, 15) is 13.2 Å². The van der Waals surface area contributed by atoms with Gasteiger partial charge in [0.15, 0.2) is 0 Å². The molecule has 0 saturated heterocycles. The van der Waals surface area contributed by atoms with Gasteiger partial charge in [-0.1, -0.05) is 6.07 Å². The van der Waals surface area contributed by atoms with Crippen molar-refractivity contribution >= 4 is 0 Å². The summed E-state index contributed by atoms with van der Waals surface area (Å²) >= 11 is 0. The monoisotopic (exact) mass is 215 g/mol. The Balaban J connectivity index is 2.59. The molecule has 2 nitrogen and oxygen atoms in total. The summed E-state index contributed by atoms with van der Waals surface area (Å²) in [5, 5.41) is 8.45. The summed E-state index contributed by atoms with van der Waals surface area (Å²) in [6.45, 7) is -0.943.